The zero-order valence-corrected chi connectivity index (χ0v) is 29.1. The van der Waals surface area contributed by atoms with E-state index < -0.39 is 90.1 Å². The van der Waals surface area contributed by atoms with Gasteiger partial charge in [-0.1, -0.05) is 6.92 Å². The number of ether oxygens (including phenoxy) is 6. The van der Waals surface area contributed by atoms with E-state index in [1.165, 1.54) is 7.11 Å². The number of aliphatic hydroxyl groups is 6. The molecule has 50 heavy (non-hydrogen) atoms. The molecule has 0 aromatic heterocycles. The van der Waals surface area contributed by atoms with Gasteiger partial charge < -0.3 is 63.9 Å². The van der Waals surface area contributed by atoms with Gasteiger partial charge in [0, 0.05) is 31.4 Å². The van der Waals surface area contributed by atoms with E-state index in [9.17, 15) is 40.2 Å². The number of hydrogen-bond donors (Lipinski definition) is 6. The molecule has 4 saturated carbocycles. The topological polar surface area (TPSA) is 211 Å². The first kappa shape index (κ1) is 36.8. The van der Waals surface area contributed by atoms with E-state index in [-0.39, 0.29) is 43.2 Å². The van der Waals surface area contributed by atoms with E-state index in [0.29, 0.717) is 44.9 Å². The number of aliphatic hydroxyl groups excluding tert-OH is 4. The summed E-state index contributed by atoms with van der Waals surface area (Å²) in [4.78, 5) is 25.1. The Kier molecular flexibility index (Phi) is 9.84. The third kappa shape index (κ3) is 5.55. The smallest absolute Gasteiger partial charge is 0.331 e. The van der Waals surface area contributed by atoms with Gasteiger partial charge >= 0.3 is 5.97 Å². The number of aldehydes is 1. The summed E-state index contributed by atoms with van der Waals surface area (Å²) in [7, 11) is 1.51. The molecule has 6 fully saturated rings. The van der Waals surface area contributed by atoms with Gasteiger partial charge in [0.25, 0.3) is 0 Å². The lowest BCUT2D eigenvalue weighted by Crippen LogP contribution is -2.69. The van der Waals surface area contributed by atoms with E-state index in [1.807, 2.05) is 0 Å². The van der Waals surface area contributed by atoms with Crippen LogP contribution in [0.4, 0.5) is 0 Å². The molecule has 0 radical (unpaired) electrons. The van der Waals surface area contributed by atoms with E-state index >= 15 is 0 Å². The summed E-state index contributed by atoms with van der Waals surface area (Å²) in [5, 5.41) is 65.3. The second kappa shape index (κ2) is 13.4. The Morgan fingerprint density at radius 2 is 1.72 bits per heavy atom. The summed E-state index contributed by atoms with van der Waals surface area (Å²) < 4.78 is 35.2. The van der Waals surface area contributed by atoms with Crippen molar-refractivity contribution in [2.24, 2.45) is 28.6 Å². The molecule has 7 rings (SSSR count). The normalized spacial score (nSPS) is 53.5. The van der Waals surface area contributed by atoms with Crippen molar-refractivity contribution in [3.63, 3.8) is 0 Å². The Hall–Kier alpha value is -1.56. The second-order valence-corrected chi connectivity index (χ2v) is 16.3. The average Bonchev–Trinajstić information content (AvgIpc) is 3.64. The molecule has 4 aliphatic carbocycles. The van der Waals surface area contributed by atoms with Crippen LogP contribution in [-0.2, 0) is 38.0 Å². The lowest BCUT2D eigenvalue weighted by molar-refractivity contribution is -0.346. The van der Waals surface area contributed by atoms with E-state index in [2.05, 4.69) is 6.92 Å². The molecular weight excluding hydrogens is 656 g/mol. The third-order valence-corrected chi connectivity index (χ3v) is 14.2. The maximum atomic E-state index is 13.2. The number of carbonyl (C=O) groups excluding carboxylic acids is 2. The van der Waals surface area contributed by atoms with Crippen molar-refractivity contribution in [1.82, 2.24) is 0 Å². The predicted molar refractivity (Wildman–Crippen MR) is 171 cm³/mol. The molecule has 3 aliphatic heterocycles. The van der Waals surface area contributed by atoms with Crippen molar-refractivity contribution in [2.45, 2.75) is 151 Å². The maximum Gasteiger partial charge on any atom is 0.331 e. The number of hydrogen-bond acceptors (Lipinski definition) is 14. The molecule has 2 saturated heterocycles. The molecule has 0 unspecified atom stereocenters. The summed E-state index contributed by atoms with van der Waals surface area (Å²) in [6.07, 6.45) is -2.52. The highest BCUT2D eigenvalue weighted by atomic mass is 16.7. The van der Waals surface area contributed by atoms with Crippen molar-refractivity contribution in [3.8, 4) is 0 Å². The van der Waals surface area contributed by atoms with Crippen LogP contribution in [0.15, 0.2) is 11.6 Å². The molecule has 14 nitrogen and oxygen atoms in total. The predicted octanol–water partition coefficient (Wildman–Crippen LogP) is 0.258. The van der Waals surface area contributed by atoms with Crippen LogP contribution in [0.25, 0.3) is 0 Å². The second-order valence-electron chi connectivity index (χ2n) is 16.3. The van der Waals surface area contributed by atoms with Crippen molar-refractivity contribution < 1.29 is 68.6 Å². The SMILES string of the molecule is CO[C@H]1C[C@@H](O[C@H]2CC[C@]3(C=O)[C@@H]4CC[C@]5(C)[C@H](C6=CC(=O)OC6)CC[C@]5(O)[C@H]4CC[C@@]3(O)C2)O[C@H](C)[C@@H]1O[C@H]1O[C@@H](CO)[C@H](O)[C@@H](O)[C@@H]1O. The van der Waals surface area contributed by atoms with Gasteiger partial charge in [0.2, 0.25) is 0 Å². The first-order valence-electron chi connectivity index (χ1n) is 18.3. The summed E-state index contributed by atoms with van der Waals surface area (Å²) in [5.74, 6) is -0.635. The van der Waals surface area contributed by atoms with E-state index in [0.717, 1.165) is 18.3 Å². The van der Waals surface area contributed by atoms with Crippen molar-refractivity contribution in [3.05, 3.63) is 11.6 Å². The molecular formula is C36H54O14. The van der Waals surface area contributed by atoms with E-state index in [1.54, 1.807) is 13.0 Å². The Morgan fingerprint density at radius 1 is 0.960 bits per heavy atom. The summed E-state index contributed by atoms with van der Waals surface area (Å²) in [6, 6.07) is 0. The number of fused-ring (bicyclic) bond motifs is 5. The Labute approximate surface area is 292 Å². The average molecular weight is 711 g/mol. The fraction of sp³-hybridized carbons (Fsp3) is 0.889. The van der Waals surface area contributed by atoms with Crippen LogP contribution in [0.1, 0.15) is 78.1 Å². The number of esters is 1. The van der Waals surface area contributed by atoms with Gasteiger partial charge in [-0.25, -0.2) is 4.79 Å². The zero-order valence-electron chi connectivity index (χ0n) is 29.1. The van der Waals surface area contributed by atoms with Gasteiger partial charge in [0.05, 0.1) is 41.5 Å². The molecule has 7 aliphatic rings. The summed E-state index contributed by atoms with van der Waals surface area (Å²) in [6.45, 7) is 3.57. The van der Waals surface area contributed by atoms with Crippen LogP contribution in [0.3, 0.4) is 0 Å². The maximum absolute atomic E-state index is 13.2. The molecule has 17 atom stereocenters. The van der Waals surface area contributed by atoms with Crippen molar-refractivity contribution >= 4 is 12.3 Å². The molecule has 6 N–H and O–H groups in total. The number of cyclic esters (lactones) is 1. The highest BCUT2D eigenvalue weighted by Gasteiger charge is 2.71. The first-order chi connectivity index (χ1) is 23.7. The van der Waals surface area contributed by atoms with Gasteiger partial charge in [-0.05, 0) is 81.6 Å². The fourth-order valence-corrected chi connectivity index (χ4v) is 11.5. The zero-order chi connectivity index (χ0) is 35.8. The molecule has 0 spiro atoms. The van der Waals surface area contributed by atoms with E-state index in [4.69, 9.17) is 28.4 Å². The van der Waals surface area contributed by atoms with Gasteiger partial charge in [0.1, 0.15) is 43.4 Å². The summed E-state index contributed by atoms with van der Waals surface area (Å²) in [5.41, 5.74) is -2.86. The Balaban J connectivity index is 1.01. The van der Waals surface area contributed by atoms with Gasteiger partial charge in [-0.2, -0.15) is 0 Å². The molecule has 0 aromatic rings. The highest BCUT2D eigenvalue weighted by molar-refractivity contribution is 5.85. The molecule has 0 bridgehead atoms. The molecule has 0 amide bonds. The lowest BCUT2D eigenvalue weighted by atomic mass is 9.41. The Bertz CT molecular complexity index is 1330. The number of carbonyl (C=O) groups is 2. The largest absolute Gasteiger partial charge is 0.458 e. The van der Waals surface area contributed by atoms with Gasteiger partial charge in [-0.3, -0.25) is 0 Å². The van der Waals surface area contributed by atoms with Crippen molar-refractivity contribution in [1.29, 1.82) is 0 Å². The molecule has 0 aromatic carbocycles. The first-order valence-corrected chi connectivity index (χ1v) is 18.3. The minimum atomic E-state index is -1.58. The third-order valence-electron chi connectivity index (χ3n) is 14.2. The van der Waals surface area contributed by atoms with Crippen LogP contribution in [0.5, 0.6) is 0 Å². The standard InChI is InChI=1S/C36H54O14/c1-18-31(50-32-30(42)29(41)28(40)25(15-37)49-32)24(45-3)13-27(47-18)48-20-4-9-34(17-38)22-5-8-33(2)21(19-12-26(39)46-16-19)7-11-36(33,44)23(22)6-10-35(34,43)14-20/h12,17-18,20-25,27-32,37,40-44H,4-11,13-16H2,1-3H3/t18-,20+,21+,22-,23+,24+,25+,27-,28+,29-,30+,31+,32-,33-,34+,35-,36+/m1/s1. The van der Waals surface area contributed by atoms with Crippen LogP contribution in [-0.4, -0.2) is 136 Å². The monoisotopic (exact) mass is 710 g/mol. The van der Waals surface area contributed by atoms with Crippen LogP contribution in [0, 0.1) is 28.6 Å². The molecule has 3 heterocycles. The number of methoxy groups -OCH3 is 1. The molecule has 282 valence electrons. The van der Waals surface area contributed by atoms with Gasteiger partial charge in [0.15, 0.2) is 12.6 Å². The van der Waals surface area contributed by atoms with Crippen LogP contribution >= 0.6 is 0 Å². The quantitative estimate of drug-likeness (QED) is 0.113. The fourth-order valence-electron chi connectivity index (χ4n) is 11.5. The van der Waals surface area contributed by atoms with Gasteiger partial charge in [-0.15, -0.1) is 0 Å². The minimum absolute atomic E-state index is 0.0352. The van der Waals surface area contributed by atoms with Crippen LogP contribution < -0.4 is 0 Å². The Morgan fingerprint density at radius 3 is 2.40 bits per heavy atom. The van der Waals surface area contributed by atoms with Crippen molar-refractivity contribution in [2.75, 3.05) is 20.3 Å². The molecule has 14 heteroatoms. The highest BCUT2D eigenvalue weighted by Crippen LogP contribution is 2.70. The lowest BCUT2D eigenvalue weighted by Gasteiger charge is -2.65. The minimum Gasteiger partial charge on any atom is -0.458 e. The number of rotatable bonds is 8. The van der Waals surface area contributed by atoms with Crippen LogP contribution in [0.2, 0.25) is 0 Å². The summed E-state index contributed by atoms with van der Waals surface area (Å²) >= 11 is 0.